The molecule has 4 atom stereocenters. The van der Waals surface area contributed by atoms with Crippen molar-refractivity contribution in [2.75, 3.05) is 13.2 Å². The van der Waals surface area contributed by atoms with Gasteiger partial charge in [0.15, 0.2) is 0 Å². The Morgan fingerprint density at radius 1 is 1.20 bits per heavy atom. The first-order valence-corrected chi connectivity index (χ1v) is 4.58. The number of ether oxygens (including phenoxy) is 2. The van der Waals surface area contributed by atoms with Crippen molar-refractivity contribution in [1.82, 2.24) is 0 Å². The molecule has 0 aliphatic carbocycles. The molecule has 2 nitrogen and oxygen atoms in total. The lowest BCUT2D eigenvalue weighted by Crippen LogP contribution is -2.24. The standard InChI is InChI=1S/C7H11BrO2/c1-4-2-9-7-5(8)3-10-6(4)7/h4-7H,2-3H2,1H3/t4-,5-,6+,7+/m0/s1. The predicted octanol–water partition coefficient (Wildman–Crippen LogP) is 1.18. The summed E-state index contributed by atoms with van der Waals surface area (Å²) in [5, 5.41) is 0. The lowest BCUT2D eigenvalue weighted by Gasteiger charge is -2.10. The van der Waals surface area contributed by atoms with Gasteiger partial charge in [0.2, 0.25) is 0 Å². The number of fused-ring (bicyclic) bond motifs is 1. The molecule has 0 aromatic rings. The average Bonchev–Trinajstić information content (AvgIpc) is 2.41. The third-order valence-corrected chi connectivity index (χ3v) is 3.03. The van der Waals surface area contributed by atoms with E-state index in [4.69, 9.17) is 9.47 Å². The number of hydrogen-bond donors (Lipinski definition) is 0. The van der Waals surface area contributed by atoms with E-state index < -0.39 is 0 Å². The van der Waals surface area contributed by atoms with Crippen molar-refractivity contribution in [3.63, 3.8) is 0 Å². The molecule has 0 spiro atoms. The third kappa shape index (κ3) is 0.917. The number of halogens is 1. The molecule has 2 aliphatic rings. The van der Waals surface area contributed by atoms with Crippen LogP contribution in [-0.4, -0.2) is 30.2 Å². The van der Waals surface area contributed by atoms with E-state index in [2.05, 4.69) is 22.9 Å². The minimum atomic E-state index is 0.315. The number of hydrogen-bond acceptors (Lipinski definition) is 2. The van der Waals surface area contributed by atoms with Crippen LogP contribution < -0.4 is 0 Å². The summed E-state index contributed by atoms with van der Waals surface area (Å²) >= 11 is 3.52. The van der Waals surface area contributed by atoms with Crippen molar-refractivity contribution in [2.24, 2.45) is 5.92 Å². The molecule has 0 aromatic heterocycles. The maximum absolute atomic E-state index is 5.53. The highest BCUT2D eigenvalue weighted by Crippen LogP contribution is 2.33. The summed E-state index contributed by atoms with van der Waals surface area (Å²) in [7, 11) is 0. The summed E-state index contributed by atoms with van der Waals surface area (Å²) in [5.41, 5.74) is 0. The van der Waals surface area contributed by atoms with Gasteiger partial charge in [-0.15, -0.1) is 0 Å². The van der Waals surface area contributed by atoms with Crippen molar-refractivity contribution in [2.45, 2.75) is 24.0 Å². The maximum atomic E-state index is 5.53. The Kier molecular flexibility index (Phi) is 1.74. The highest BCUT2D eigenvalue weighted by molar-refractivity contribution is 9.09. The second-order valence-electron chi connectivity index (χ2n) is 3.09. The molecular formula is C7H11BrO2. The fraction of sp³-hybridized carbons (Fsp3) is 1.00. The van der Waals surface area contributed by atoms with Crippen molar-refractivity contribution in [3.8, 4) is 0 Å². The van der Waals surface area contributed by atoms with Crippen molar-refractivity contribution >= 4 is 15.9 Å². The molecule has 0 radical (unpaired) electrons. The summed E-state index contributed by atoms with van der Waals surface area (Å²) in [5.74, 6) is 0.576. The molecule has 0 saturated carbocycles. The highest BCUT2D eigenvalue weighted by atomic mass is 79.9. The van der Waals surface area contributed by atoms with E-state index in [0.717, 1.165) is 13.2 Å². The van der Waals surface area contributed by atoms with Crippen LogP contribution in [0.15, 0.2) is 0 Å². The molecule has 0 N–H and O–H groups in total. The second kappa shape index (κ2) is 2.47. The Morgan fingerprint density at radius 2 is 1.90 bits per heavy atom. The lowest BCUT2D eigenvalue weighted by molar-refractivity contribution is 0.0661. The molecule has 10 heavy (non-hydrogen) atoms. The van der Waals surface area contributed by atoms with E-state index in [-0.39, 0.29) is 0 Å². The van der Waals surface area contributed by atoms with Gasteiger partial charge in [0.05, 0.1) is 30.2 Å². The summed E-state index contributed by atoms with van der Waals surface area (Å²) < 4.78 is 11.1. The van der Waals surface area contributed by atoms with Crippen LogP contribution in [0.1, 0.15) is 6.92 Å². The van der Waals surface area contributed by atoms with E-state index in [0.29, 0.717) is 23.0 Å². The van der Waals surface area contributed by atoms with Crippen LogP contribution in [0.5, 0.6) is 0 Å². The predicted molar refractivity (Wildman–Crippen MR) is 41.4 cm³/mol. The molecule has 2 rings (SSSR count). The van der Waals surface area contributed by atoms with Gasteiger partial charge in [-0.1, -0.05) is 22.9 Å². The summed E-state index contributed by atoms with van der Waals surface area (Å²) in [4.78, 5) is 0.419. The average molecular weight is 207 g/mol. The van der Waals surface area contributed by atoms with Crippen molar-refractivity contribution in [1.29, 1.82) is 0 Å². The lowest BCUT2D eigenvalue weighted by atomic mass is 10.1. The fourth-order valence-corrected chi connectivity index (χ4v) is 2.25. The fourth-order valence-electron chi connectivity index (χ4n) is 1.64. The van der Waals surface area contributed by atoms with Gasteiger partial charge < -0.3 is 9.47 Å². The zero-order valence-corrected chi connectivity index (χ0v) is 7.50. The Bertz CT molecular complexity index is 124. The van der Waals surface area contributed by atoms with E-state index in [9.17, 15) is 0 Å². The molecular weight excluding hydrogens is 196 g/mol. The summed E-state index contributed by atoms with van der Waals surface area (Å²) in [6.07, 6.45) is 0.666. The Labute approximate surface area is 69.0 Å². The normalized spacial score (nSPS) is 53.4. The Balaban J connectivity index is 2.09. The monoisotopic (exact) mass is 206 g/mol. The van der Waals surface area contributed by atoms with Gasteiger partial charge in [-0.05, 0) is 0 Å². The van der Waals surface area contributed by atoms with Crippen LogP contribution in [-0.2, 0) is 9.47 Å². The van der Waals surface area contributed by atoms with Crippen LogP contribution in [0.2, 0.25) is 0 Å². The quantitative estimate of drug-likeness (QED) is 0.555. The number of rotatable bonds is 0. The first-order valence-electron chi connectivity index (χ1n) is 3.66. The summed E-state index contributed by atoms with van der Waals surface area (Å²) in [6.45, 7) is 3.84. The first kappa shape index (κ1) is 7.07. The molecule has 0 bridgehead atoms. The van der Waals surface area contributed by atoms with Crippen LogP contribution in [0.25, 0.3) is 0 Å². The highest BCUT2D eigenvalue weighted by Gasteiger charge is 2.44. The molecule has 2 saturated heterocycles. The minimum absolute atomic E-state index is 0.315. The van der Waals surface area contributed by atoms with Crippen LogP contribution in [0.3, 0.4) is 0 Å². The van der Waals surface area contributed by atoms with Gasteiger partial charge in [0.1, 0.15) is 0 Å². The molecule has 3 heteroatoms. The van der Waals surface area contributed by atoms with Gasteiger partial charge in [0.25, 0.3) is 0 Å². The van der Waals surface area contributed by atoms with E-state index >= 15 is 0 Å². The minimum Gasteiger partial charge on any atom is -0.374 e. The molecule has 0 aromatic carbocycles. The van der Waals surface area contributed by atoms with Gasteiger partial charge in [-0.2, -0.15) is 0 Å². The van der Waals surface area contributed by atoms with E-state index in [1.807, 2.05) is 0 Å². The van der Waals surface area contributed by atoms with Crippen molar-refractivity contribution in [3.05, 3.63) is 0 Å². The summed E-state index contributed by atoms with van der Waals surface area (Å²) in [6, 6.07) is 0. The Hall–Kier alpha value is 0.400. The molecule has 0 unspecified atom stereocenters. The second-order valence-corrected chi connectivity index (χ2v) is 4.27. The van der Waals surface area contributed by atoms with Crippen LogP contribution in [0.4, 0.5) is 0 Å². The van der Waals surface area contributed by atoms with Gasteiger partial charge in [-0.3, -0.25) is 0 Å². The first-order chi connectivity index (χ1) is 4.79. The topological polar surface area (TPSA) is 18.5 Å². The van der Waals surface area contributed by atoms with Gasteiger partial charge in [0, 0.05) is 5.92 Å². The Morgan fingerprint density at radius 3 is 2.60 bits per heavy atom. The zero-order chi connectivity index (χ0) is 7.14. The SMILES string of the molecule is C[C@H]1CO[C@H]2[C@@H]1OC[C@@H]2Br. The van der Waals surface area contributed by atoms with Gasteiger partial charge >= 0.3 is 0 Å². The number of alkyl halides is 1. The van der Waals surface area contributed by atoms with Crippen LogP contribution >= 0.6 is 15.9 Å². The van der Waals surface area contributed by atoms with Gasteiger partial charge in [-0.25, -0.2) is 0 Å². The van der Waals surface area contributed by atoms with Crippen LogP contribution in [0, 0.1) is 5.92 Å². The maximum Gasteiger partial charge on any atom is 0.0987 e. The molecule has 0 amide bonds. The third-order valence-electron chi connectivity index (χ3n) is 2.24. The molecule has 58 valence electrons. The molecule has 2 heterocycles. The zero-order valence-electron chi connectivity index (χ0n) is 5.92. The smallest absolute Gasteiger partial charge is 0.0987 e. The molecule has 2 fully saturated rings. The molecule has 2 aliphatic heterocycles. The largest absolute Gasteiger partial charge is 0.374 e. The van der Waals surface area contributed by atoms with Crippen molar-refractivity contribution < 1.29 is 9.47 Å². The van der Waals surface area contributed by atoms with E-state index in [1.165, 1.54) is 0 Å². The van der Waals surface area contributed by atoms with E-state index in [1.54, 1.807) is 0 Å².